The van der Waals surface area contributed by atoms with E-state index in [0.717, 1.165) is 19.4 Å². The first-order chi connectivity index (χ1) is 5.43. The van der Waals surface area contributed by atoms with E-state index in [1.165, 1.54) is 7.69 Å². The standard InChI is InChI=1S/C7H14BO3/c1-2-10-8-11-7-4-3-5-9-6-7/h7H,2-6H2,1H3. The summed E-state index contributed by atoms with van der Waals surface area (Å²) in [5.41, 5.74) is 0. The van der Waals surface area contributed by atoms with E-state index in [4.69, 9.17) is 14.0 Å². The van der Waals surface area contributed by atoms with Gasteiger partial charge in [0.25, 0.3) is 0 Å². The number of hydrogen-bond donors (Lipinski definition) is 0. The Labute approximate surface area is 68.3 Å². The Hall–Kier alpha value is -0.0551. The van der Waals surface area contributed by atoms with Gasteiger partial charge in [0.1, 0.15) is 0 Å². The molecule has 1 rings (SSSR count). The monoisotopic (exact) mass is 157 g/mol. The molecule has 0 saturated carbocycles. The maximum atomic E-state index is 5.25. The topological polar surface area (TPSA) is 27.7 Å². The second-order valence-corrected chi connectivity index (χ2v) is 2.53. The maximum Gasteiger partial charge on any atom is 0.488 e. The van der Waals surface area contributed by atoms with Gasteiger partial charge in [-0.25, -0.2) is 0 Å². The predicted octanol–water partition coefficient (Wildman–Crippen LogP) is 0.753. The van der Waals surface area contributed by atoms with Gasteiger partial charge >= 0.3 is 7.69 Å². The highest BCUT2D eigenvalue weighted by Gasteiger charge is 2.14. The van der Waals surface area contributed by atoms with E-state index in [-0.39, 0.29) is 6.10 Å². The lowest BCUT2D eigenvalue weighted by molar-refractivity contribution is -0.0000688. The van der Waals surface area contributed by atoms with Crippen LogP contribution in [0.5, 0.6) is 0 Å². The van der Waals surface area contributed by atoms with Crippen LogP contribution in [0.2, 0.25) is 0 Å². The van der Waals surface area contributed by atoms with Gasteiger partial charge in [-0.15, -0.1) is 0 Å². The summed E-state index contributed by atoms with van der Waals surface area (Å²) in [6.07, 6.45) is 2.36. The predicted molar refractivity (Wildman–Crippen MR) is 42.3 cm³/mol. The van der Waals surface area contributed by atoms with E-state index < -0.39 is 0 Å². The van der Waals surface area contributed by atoms with Crippen molar-refractivity contribution in [1.29, 1.82) is 0 Å². The largest absolute Gasteiger partial charge is 0.488 e. The van der Waals surface area contributed by atoms with E-state index >= 15 is 0 Å². The smallest absolute Gasteiger partial charge is 0.414 e. The lowest BCUT2D eigenvalue weighted by atomic mass is 10.1. The van der Waals surface area contributed by atoms with E-state index in [9.17, 15) is 0 Å². The van der Waals surface area contributed by atoms with Crippen LogP contribution in [0.1, 0.15) is 19.8 Å². The zero-order valence-corrected chi connectivity index (χ0v) is 6.91. The van der Waals surface area contributed by atoms with Crippen LogP contribution in [0.25, 0.3) is 0 Å². The summed E-state index contributed by atoms with van der Waals surface area (Å²) in [5, 5.41) is 0. The zero-order valence-electron chi connectivity index (χ0n) is 6.91. The molecule has 0 N–H and O–H groups in total. The van der Waals surface area contributed by atoms with Crippen molar-refractivity contribution < 1.29 is 14.0 Å². The van der Waals surface area contributed by atoms with Gasteiger partial charge < -0.3 is 14.0 Å². The number of ether oxygens (including phenoxy) is 1. The van der Waals surface area contributed by atoms with Crippen molar-refractivity contribution in [3.63, 3.8) is 0 Å². The van der Waals surface area contributed by atoms with Crippen LogP contribution >= 0.6 is 0 Å². The van der Waals surface area contributed by atoms with Crippen LogP contribution in [0.4, 0.5) is 0 Å². The summed E-state index contributed by atoms with van der Waals surface area (Å²) >= 11 is 0. The van der Waals surface area contributed by atoms with Gasteiger partial charge in [-0.3, -0.25) is 0 Å². The molecule has 0 bridgehead atoms. The van der Waals surface area contributed by atoms with Crippen molar-refractivity contribution in [2.24, 2.45) is 0 Å². The van der Waals surface area contributed by atoms with E-state index in [2.05, 4.69) is 0 Å². The number of rotatable bonds is 4. The lowest BCUT2D eigenvalue weighted by Gasteiger charge is -2.21. The summed E-state index contributed by atoms with van der Waals surface area (Å²) in [4.78, 5) is 0. The van der Waals surface area contributed by atoms with Crippen molar-refractivity contribution >= 4 is 7.69 Å². The molecule has 0 amide bonds. The molecular formula is C7H14BO3. The first kappa shape index (κ1) is 9.04. The first-order valence-corrected chi connectivity index (χ1v) is 4.10. The van der Waals surface area contributed by atoms with Crippen molar-refractivity contribution in [3.05, 3.63) is 0 Å². The van der Waals surface area contributed by atoms with Crippen LogP contribution in [0.3, 0.4) is 0 Å². The Morgan fingerprint density at radius 3 is 3.18 bits per heavy atom. The summed E-state index contributed by atoms with van der Waals surface area (Å²) < 4.78 is 15.4. The Kier molecular flexibility index (Phi) is 4.58. The molecule has 11 heavy (non-hydrogen) atoms. The van der Waals surface area contributed by atoms with E-state index in [1.54, 1.807) is 0 Å². The molecule has 0 spiro atoms. The highest BCUT2D eigenvalue weighted by molar-refractivity contribution is 6.18. The minimum Gasteiger partial charge on any atom is -0.414 e. The highest BCUT2D eigenvalue weighted by Crippen LogP contribution is 2.08. The fraction of sp³-hybridized carbons (Fsp3) is 1.00. The van der Waals surface area contributed by atoms with Gasteiger partial charge in [-0.1, -0.05) is 0 Å². The maximum absolute atomic E-state index is 5.25. The second kappa shape index (κ2) is 5.58. The molecule has 1 saturated heterocycles. The third kappa shape index (κ3) is 3.75. The van der Waals surface area contributed by atoms with Gasteiger partial charge in [0.2, 0.25) is 0 Å². The molecule has 1 radical (unpaired) electrons. The molecule has 1 aliphatic heterocycles. The Bertz CT molecular complexity index is 93.7. The molecule has 3 nitrogen and oxygen atoms in total. The molecule has 0 aromatic carbocycles. The highest BCUT2D eigenvalue weighted by atomic mass is 16.6. The van der Waals surface area contributed by atoms with Crippen LogP contribution in [-0.4, -0.2) is 33.6 Å². The first-order valence-electron chi connectivity index (χ1n) is 4.10. The van der Waals surface area contributed by atoms with Crippen LogP contribution < -0.4 is 0 Å². The van der Waals surface area contributed by atoms with E-state index in [1.807, 2.05) is 6.92 Å². The summed E-state index contributed by atoms with van der Waals surface area (Å²) in [5.74, 6) is 0. The second-order valence-electron chi connectivity index (χ2n) is 2.53. The zero-order chi connectivity index (χ0) is 7.94. The Balaban J connectivity index is 1.96. The van der Waals surface area contributed by atoms with Gasteiger partial charge in [0, 0.05) is 13.2 Å². The summed E-state index contributed by atoms with van der Waals surface area (Å²) in [6, 6.07) is 0. The third-order valence-electron chi connectivity index (χ3n) is 1.60. The minimum absolute atomic E-state index is 0.204. The van der Waals surface area contributed by atoms with Crippen molar-refractivity contribution in [3.8, 4) is 0 Å². The fourth-order valence-corrected chi connectivity index (χ4v) is 1.00. The molecule has 4 heteroatoms. The number of hydrogen-bond acceptors (Lipinski definition) is 3. The summed E-state index contributed by atoms with van der Waals surface area (Å²) in [7, 11) is 1.42. The van der Waals surface area contributed by atoms with Crippen LogP contribution in [0.15, 0.2) is 0 Å². The van der Waals surface area contributed by atoms with Crippen molar-refractivity contribution in [1.82, 2.24) is 0 Å². The molecule has 0 aromatic heterocycles. The molecular weight excluding hydrogens is 143 g/mol. The van der Waals surface area contributed by atoms with Crippen LogP contribution in [-0.2, 0) is 14.0 Å². The molecule has 0 aliphatic carbocycles. The average Bonchev–Trinajstić information content (AvgIpc) is 2.07. The minimum atomic E-state index is 0.204. The van der Waals surface area contributed by atoms with Gasteiger partial charge in [0.05, 0.1) is 12.7 Å². The van der Waals surface area contributed by atoms with Crippen LogP contribution in [0, 0.1) is 0 Å². The molecule has 0 aromatic rings. The normalized spacial score (nSPS) is 25.0. The summed E-state index contributed by atoms with van der Waals surface area (Å²) in [6.45, 7) is 4.16. The van der Waals surface area contributed by atoms with Crippen molar-refractivity contribution in [2.45, 2.75) is 25.9 Å². The van der Waals surface area contributed by atoms with Gasteiger partial charge in [0.15, 0.2) is 0 Å². The molecule has 1 heterocycles. The van der Waals surface area contributed by atoms with Crippen molar-refractivity contribution in [2.75, 3.05) is 19.8 Å². The third-order valence-corrected chi connectivity index (χ3v) is 1.60. The fourth-order valence-electron chi connectivity index (χ4n) is 1.00. The Morgan fingerprint density at radius 1 is 1.64 bits per heavy atom. The lowest BCUT2D eigenvalue weighted by Crippen LogP contribution is -2.27. The van der Waals surface area contributed by atoms with Gasteiger partial charge in [-0.2, -0.15) is 0 Å². The molecule has 1 unspecified atom stereocenters. The molecule has 63 valence electrons. The quantitative estimate of drug-likeness (QED) is 0.445. The average molecular weight is 157 g/mol. The molecule has 1 atom stereocenters. The molecule has 1 fully saturated rings. The molecule has 1 aliphatic rings. The van der Waals surface area contributed by atoms with E-state index in [0.29, 0.717) is 13.2 Å². The Morgan fingerprint density at radius 2 is 2.55 bits per heavy atom. The van der Waals surface area contributed by atoms with Gasteiger partial charge in [-0.05, 0) is 19.8 Å². The SMILES string of the molecule is CCO[B]OC1CCCOC1.